The van der Waals surface area contributed by atoms with Crippen LogP contribution in [-0.2, 0) is 0 Å². The van der Waals surface area contributed by atoms with Crippen LogP contribution in [0, 0.1) is 11.3 Å². The lowest BCUT2D eigenvalue weighted by Crippen LogP contribution is -2.38. The van der Waals surface area contributed by atoms with Gasteiger partial charge in [0.2, 0.25) is 0 Å². The van der Waals surface area contributed by atoms with E-state index in [-0.39, 0.29) is 11.8 Å². The van der Waals surface area contributed by atoms with E-state index in [0.29, 0.717) is 32.9 Å². The van der Waals surface area contributed by atoms with Gasteiger partial charge < -0.3 is 15.6 Å². The summed E-state index contributed by atoms with van der Waals surface area (Å²) >= 11 is 13.4. The molecule has 1 aliphatic heterocycles. The number of nitrogens with zero attached hydrogens (tertiary/aromatic N) is 1. The summed E-state index contributed by atoms with van der Waals surface area (Å²) < 4.78 is 0.793. The molecule has 32 heavy (non-hydrogen) atoms. The van der Waals surface area contributed by atoms with Crippen molar-refractivity contribution in [2.45, 2.75) is 32.1 Å². The van der Waals surface area contributed by atoms with Gasteiger partial charge in [-0.3, -0.25) is 9.59 Å². The predicted octanol–water partition coefficient (Wildman–Crippen LogP) is 4.35. The number of unbranched alkanes of at least 4 members (excludes halogenated alkanes) is 1. The summed E-state index contributed by atoms with van der Waals surface area (Å²) in [5.74, 6) is 0.478. The highest BCUT2D eigenvalue weighted by atomic mass is 35.5. The van der Waals surface area contributed by atoms with Crippen molar-refractivity contribution in [2.75, 3.05) is 19.6 Å². The lowest BCUT2D eigenvalue weighted by Gasteiger charge is -2.32. The Labute approximate surface area is 202 Å². The van der Waals surface area contributed by atoms with Crippen molar-refractivity contribution >= 4 is 65.2 Å². The number of benzene rings is 1. The molecular formula is C24H27Cl2N3O2S. The number of nitrogens with one attached hydrogen (secondary N) is 2. The molecule has 0 radical (unpaired) electrons. The van der Waals surface area contributed by atoms with E-state index >= 15 is 0 Å². The number of hydrogen-bond acceptors (Lipinski definition) is 4. The number of amides is 2. The fourth-order valence-electron chi connectivity index (χ4n) is 3.89. The maximum Gasteiger partial charge on any atom is 0.261 e. The van der Waals surface area contributed by atoms with E-state index in [2.05, 4.69) is 11.9 Å². The maximum absolute atomic E-state index is 12.7. The zero-order valence-corrected chi connectivity index (χ0v) is 20.2. The Morgan fingerprint density at radius 2 is 1.97 bits per heavy atom. The van der Waals surface area contributed by atoms with Crippen molar-refractivity contribution in [3.63, 3.8) is 0 Å². The molecule has 1 aromatic carbocycles. The number of thiophene rings is 1. The number of halogens is 2. The summed E-state index contributed by atoms with van der Waals surface area (Å²) in [6.45, 7) is 6.02. The van der Waals surface area contributed by atoms with E-state index in [1.807, 2.05) is 4.90 Å². The van der Waals surface area contributed by atoms with Crippen LogP contribution in [0.5, 0.6) is 0 Å². The summed E-state index contributed by atoms with van der Waals surface area (Å²) in [7, 11) is 0. The fraction of sp³-hybridized carbons (Fsp3) is 0.375. The molecule has 2 amide bonds. The van der Waals surface area contributed by atoms with Gasteiger partial charge in [-0.25, -0.2) is 0 Å². The fourth-order valence-corrected chi connectivity index (χ4v) is 5.24. The van der Waals surface area contributed by atoms with Crippen molar-refractivity contribution in [3.05, 3.63) is 54.5 Å². The summed E-state index contributed by atoms with van der Waals surface area (Å²) in [5.41, 5.74) is 0.504. The molecule has 0 aliphatic carbocycles. The third-order valence-electron chi connectivity index (χ3n) is 5.72. The van der Waals surface area contributed by atoms with Gasteiger partial charge in [0, 0.05) is 35.4 Å². The molecule has 1 saturated heterocycles. The van der Waals surface area contributed by atoms with E-state index in [0.717, 1.165) is 54.9 Å². The molecule has 1 fully saturated rings. The molecule has 0 spiro atoms. The van der Waals surface area contributed by atoms with E-state index in [9.17, 15) is 9.59 Å². The van der Waals surface area contributed by atoms with Crippen molar-refractivity contribution < 1.29 is 9.59 Å². The van der Waals surface area contributed by atoms with Gasteiger partial charge in [0.25, 0.3) is 11.8 Å². The topological polar surface area (TPSA) is 73.3 Å². The van der Waals surface area contributed by atoms with Crippen LogP contribution in [0.2, 0.25) is 10.0 Å². The number of carbonyl (C=O) groups excluding carboxylic acids is 2. The minimum atomic E-state index is -0.0859. The Morgan fingerprint density at radius 3 is 2.66 bits per heavy atom. The first kappa shape index (κ1) is 24.5. The van der Waals surface area contributed by atoms with Crippen molar-refractivity contribution in [3.8, 4) is 0 Å². The SMILES string of the molecule is C=c1sc(C(=O)NCCCCC2CCN(C(=O)c3ccc(Cl)cc3Cl)CC2)c/c1=C/C=N. The summed E-state index contributed by atoms with van der Waals surface area (Å²) in [4.78, 5) is 27.5. The van der Waals surface area contributed by atoms with E-state index in [4.69, 9.17) is 28.6 Å². The van der Waals surface area contributed by atoms with Gasteiger partial charge in [-0.1, -0.05) is 42.6 Å². The van der Waals surface area contributed by atoms with Crippen molar-refractivity contribution in [1.29, 1.82) is 5.41 Å². The Hall–Kier alpha value is -2.15. The standard InChI is InChI=1S/C24H27Cl2N3O2S/c1-16-18(7-10-27)14-22(32-16)23(30)28-11-3-2-4-17-8-12-29(13-9-17)24(31)20-6-5-19(25)15-21(20)26/h5-7,10,14-15,17,27H,1-4,8-9,11-13H2,(H,28,30)/b18-7-,27-10?. The minimum Gasteiger partial charge on any atom is -0.351 e. The lowest BCUT2D eigenvalue weighted by atomic mass is 9.91. The first-order valence-electron chi connectivity index (χ1n) is 10.7. The van der Waals surface area contributed by atoms with Gasteiger partial charge in [0.1, 0.15) is 0 Å². The zero-order chi connectivity index (χ0) is 23.1. The normalized spacial score (nSPS) is 15.1. The monoisotopic (exact) mass is 491 g/mol. The average Bonchev–Trinajstić information content (AvgIpc) is 3.14. The maximum atomic E-state index is 12.7. The number of carbonyl (C=O) groups is 2. The number of rotatable bonds is 8. The molecule has 1 aromatic heterocycles. The molecule has 2 N–H and O–H groups in total. The summed E-state index contributed by atoms with van der Waals surface area (Å²) in [6, 6.07) is 6.76. The number of hydrogen-bond donors (Lipinski definition) is 2. The average molecular weight is 492 g/mol. The van der Waals surface area contributed by atoms with Gasteiger partial charge in [-0.05, 0) is 60.7 Å². The van der Waals surface area contributed by atoms with Crippen molar-refractivity contribution in [2.24, 2.45) is 5.92 Å². The quantitative estimate of drug-likeness (QED) is 0.425. The van der Waals surface area contributed by atoms with Crippen LogP contribution >= 0.6 is 34.5 Å². The van der Waals surface area contributed by atoms with Crippen molar-refractivity contribution in [1.82, 2.24) is 10.2 Å². The molecule has 5 nitrogen and oxygen atoms in total. The van der Waals surface area contributed by atoms with Crippen LogP contribution in [-0.4, -0.2) is 42.6 Å². The molecular weight excluding hydrogens is 465 g/mol. The largest absolute Gasteiger partial charge is 0.351 e. The Balaban J connectivity index is 1.36. The molecule has 8 heteroatoms. The van der Waals surface area contributed by atoms with Crippen LogP contribution in [0.3, 0.4) is 0 Å². The second-order valence-electron chi connectivity index (χ2n) is 7.93. The molecule has 0 bridgehead atoms. The molecule has 0 unspecified atom stereocenters. The predicted molar refractivity (Wildman–Crippen MR) is 134 cm³/mol. The highest BCUT2D eigenvalue weighted by Gasteiger charge is 2.24. The van der Waals surface area contributed by atoms with Gasteiger partial charge in [0.05, 0.1) is 15.5 Å². The molecule has 1 aliphatic rings. The van der Waals surface area contributed by atoms with Gasteiger partial charge in [-0.15, -0.1) is 11.3 Å². The highest BCUT2D eigenvalue weighted by Crippen LogP contribution is 2.26. The number of likely N-dealkylation sites (tertiary alicyclic amines) is 1. The Bertz CT molecular complexity index is 1090. The van der Waals surface area contributed by atoms with E-state index < -0.39 is 0 Å². The van der Waals surface area contributed by atoms with Gasteiger partial charge in [-0.2, -0.15) is 0 Å². The number of piperidine rings is 1. The van der Waals surface area contributed by atoms with Crippen LogP contribution in [0.4, 0.5) is 0 Å². The molecule has 2 heterocycles. The van der Waals surface area contributed by atoms with Crippen LogP contribution in [0.15, 0.2) is 24.3 Å². The van der Waals surface area contributed by atoms with Crippen LogP contribution in [0.1, 0.15) is 52.1 Å². The molecule has 0 saturated carbocycles. The molecule has 3 rings (SSSR count). The van der Waals surface area contributed by atoms with Crippen LogP contribution in [0.25, 0.3) is 12.7 Å². The smallest absolute Gasteiger partial charge is 0.261 e. The Kier molecular flexibility index (Phi) is 8.91. The van der Waals surface area contributed by atoms with Gasteiger partial charge in [0.15, 0.2) is 0 Å². The minimum absolute atomic E-state index is 0.0341. The summed E-state index contributed by atoms with van der Waals surface area (Å²) in [5, 5.41) is 11.8. The molecule has 170 valence electrons. The third-order valence-corrected chi connectivity index (χ3v) is 7.27. The van der Waals surface area contributed by atoms with E-state index in [1.165, 1.54) is 17.6 Å². The third kappa shape index (κ3) is 6.44. The highest BCUT2D eigenvalue weighted by molar-refractivity contribution is 7.11. The lowest BCUT2D eigenvalue weighted by molar-refractivity contribution is 0.0686. The summed E-state index contributed by atoms with van der Waals surface area (Å²) in [6.07, 6.45) is 7.87. The Morgan fingerprint density at radius 1 is 1.22 bits per heavy atom. The zero-order valence-electron chi connectivity index (χ0n) is 17.8. The second kappa shape index (κ2) is 11.6. The molecule has 0 atom stereocenters. The first-order chi connectivity index (χ1) is 15.4. The van der Waals surface area contributed by atoms with Crippen LogP contribution < -0.4 is 15.1 Å². The molecule has 2 aromatic rings. The first-order valence-corrected chi connectivity index (χ1v) is 12.3. The second-order valence-corrected chi connectivity index (χ2v) is 9.91. The van der Waals surface area contributed by atoms with Gasteiger partial charge >= 0.3 is 0 Å². The van der Waals surface area contributed by atoms with E-state index in [1.54, 1.807) is 30.3 Å².